The topological polar surface area (TPSA) is 211 Å². The second-order valence-electron chi connectivity index (χ2n) is 15.9. The Morgan fingerprint density at radius 1 is 0.597 bits per heavy atom. The van der Waals surface area contributed by atoms with Gasteiger partial charge in [-0.25, -0.2) is 9.59 Å². The van der Waals surface area contributed by atoms with Crippen LogP contribution in [0.15, 0.2) is 122 Å². The van der Waals surface area contributed by atoms with Crippen LogP contribution in [0.2, 0.25) is 0 Å². The van der Waals surface area contributed by atoms with Gasteiger partial charge < -0.3 is 19.4 Å². The maximum Gasteiger partial charge on any atom is 0.332 e. The van der Waals surface area contributed by atoms with Crippen molar-refractivity contribution in [2.24, 2.45) is 23.3 Å². The third-order valence-corrected chi connectivity index (χ3v) is 11.4. The number of rotatable bonds is 16. The first kappa shape index (κ1) is 41.6. The molecule has 316 valence electrons. The van der Waals surface area contributed by atoms with Crippen molar-refractivity contribution in [1.82, 2.24) is 19.8 Å². The summed E-state index contributed by atoms with van der Waals surface area (Å²) in [6.07, 6.45) is 4.74. The quantitative estimate of drug-likeness (QED) is 0.0449. The Labute approximate surface area is 356 Å². The molecule has 4 unspecified atom stereocenters. The summed E-state index contributed by atoms with van der Waals surface area (Å²) in [5.74, 6) is -3.36. The van der Waals surface area contributed by atoms with E-state index in [-0.39, 0.29) is 62.4 Å². The molecule has 8 rings (SSSR count). The number of carbonyl (C=O) groups is 6. The van der Waals surface area contributed by atoms with Gasteiger partial charge in [-0.2, -0.15) is 0 Å². The number of nitrogens with one attached hydrogen (secondary N) is 2. The van der Waals surface area contributed by atoms with Crippen molar-refractivity contribution in [1.29, 1.82) is 0 Å². The molecule has 0 bridgehead atoms. The Hall–Kier alpha value is -7.16. The van der Waals surface area contributed by atoms with Gasteiger partial charge >= 0.3 is 11.9 Å². The molecule has 2 aliphatic heterocycles. The first-order valence-electron chi connectivity index (χ1n) is 20.5. The van der Waals surface area contributed by atoms with Crippen LogP contribution in [-0.4, -0.2) is 67.8 Å². The van der Waals surface area contributed by atoms with Gasteiger partial charge in [-0.1, -0.05) is 72.8 Å². The summed E-state index contributed by atoms with van der Waals surface area (Å²) in [5.41, 5.74) is 19.2. The fourth-order valence-corrected chi connectivity index (χ4v) is 8.33. The molecule has 14 heteroatoms. The van der Waals surface area contributed by atoms with Crippen LogP contribution in [0.25, 0.3) is 21.8 Å². The lowest BCUT2D eigenvalue weighted by atomic mass is 9.96. The van der Waals surface area contributed by atoms with E-state index in [9.17, 15) is 28.8 Å². The van der Waals surface area contributed by atoms with Crippen LogP contribution in [0.4, 0.5) is 0 Å². The minimum Gasteiger partial charge on any atom is -0.443 e. The average Bonchev–Trinajstić information content (AvgIpc) is 3.99. The highest BCUT2D eigenvalue weighted by atomic mass is 16.6. The zero-order chi connectivity index (χ0) is 43.3. The van der Waals surface area contributed by atoms with E-state index >= 15 is 0 Å². The van der Waals surface area contributed by atoms with Crippen LogP contribution >= 0.6 is 0 Å². The number of nitrogens with two attached hydrogens (primary N) is 2. The zero-order valence-corrected chi connectivity index (χ0v) is 33.8. The van der Waals surface area contributed by atoms with Crippen molar-refractivity contribution in [2.75, 3.05) is 0 Å². The lowest BCUT2D eigenvalue weighted by Crippen LogP contribution is -2.30. The monoisotopic (exact) mass is 834 g/mol. The van der Waals surface area contributed by atoms with Crippen LogP contribution in [0.5, 0.6) is 0 Å². The summed E-state index contributed by atoms with van der Waals surface area (Å²) in [6, 6.07) is 30.3. The molecule has 4 aromatic carbocycles. The van der Waals surface area contributed by atoms with Gasteiger partial charge in [0.15, 0.2) is 12.5 Å². The molecule has 14 nitrogen and oxygen atoms in total. The average molecular weight is 835 g/mol. The predicted molar refractivity (Wildman–Crippen MR) is 229 cm³/mol. The number of benzene rings is 4. The Morgan fingerprint density at radius 2 is 1.00 bits per heavy atom. The van der Waals surface area contributed by atoms with Crippen molar-refractivity contribution in [3.63, 3.8) is 0 Å². The Kier molecular flexibility index (Phi) is 12.2. The molecule has 0 aliphatic carbocycles. The van der Waals surface area contributed by atoms with Crippen LogP contribution in [0.3, 0.4) is 0 Å². The number of nitrogens with zero attached hydrogens (tertiary/aromatic N) is 2. The number of imide groups is 2. The molecule has 0 radical (unpaired) electrons. The van der Waals surface area contributed by atoms with Crippen molar-refractivity contribution in [2.45, 2.75) is 64.1 Å². The Bertz CT molecular complexity index is 2510. The fraction of sp³-hybridized carbons (Fsp3) is 0.250. The zero-order valence-electron chi connectivity index (χ0n) is 33.8. The standard InChI is InChI=1S/C48H46N6O8/c49-41(21-35-25-51-39-13-11-31(19-37(35)39)17-33-23-43(55)53(47(33)59)27-29-7-3-1-4-8-29)61-45(57)15-16-46(58)62-42(50)22-36-26-52-40-14-12-32(20-38(36)40)18-34-24-44(56)54(48(34)60)28-30-9-5-2-6-10-30/h1-16,19-20,25-26,33-34,41-42,51-52H,17-18,21-24,27-28,49-50H2/b16-15-. The Morgan fingerprint density at radius 3 is 1.40 bits per heavy atom. The maximum absolute atomic E-state index is 13.2. The van der Waals surface area contributed by atoms with E-state index in [0.717, 1.165) is 67.3 Å². The lowest BCUT2D eigenvalue weighted by Gasteiger charge is -2.15. The third kappa shape index (κ3) is 9.57. The van der Waals surface area contributed by atoms with Gasteiger partial charge in [-0.15, -0.1) is 0 Å². The van der Waals surface area contributed by atoms with Crippen LogP contribution in [-0.2, 0) is 77.0 Å². The normalized spacial score (nSPS) is 17.8. The van der Waals surface area contributed by atoms with Gasteiger partial charge in [0.25, 0.3) is 0 Å². The molecular weight excluding hydrogens is 789 g/mol. The van der Waals surface area contributed by atoms with E-state index < -0.39 is 36.2 Å². The molecule has 4 heterocycles. The number of aromatic amines is 2. The molecule has 4 amide bonds. The van der Waals surface area contributed by atoms with Crippen LogP contribution in [0, 0.1) is 11.8 Å². The number of ether oxygens (including phenoxy) is 2. The number of fused-ring (bicyclic) bond motifs is 2. The number of hydrogen-bond acceptors (Lipinski definition) is 10. The van der Waals surface area contributed by atoms with E-state index in [1.807, 2.05) is 97.1 Å². The highest BCUT2D eigenvalue weighted by Gasteiger charge is 2.39. The summed E-state index contributed by atoms with van der Waals surface area (Å²) < 4.78 is 10.7. The van der Waals surface area contributed by atoms with Crippen molar-refractivity contribution >= 4 is 57.4 Å². The van der Waals surface area contributed by atoms with E-state index in [2.05, 4.69) is 9.97 Å². The molecule has 62 heavy (non-hydrogen) atoms. The molecule has 2 aromatic heterocycles. The van der Waals surface area contributed by atoms with Crippen molar-refractivity contribution < 1.29 is 38.2 Å². The summed E-state index contributed by atoms with van der Waals surface area (Å²) in [5, 5.41) is 1.69. The number of hydrogen-bond donors (Lipinski definition) is 4. The van der Waals surface area contributed by atoms with Gasteiger partial charge in [0.05, 0.1) is 24.9 Å². The van der Waals surface area contributed by atoms with E-state index in [1.165, 1.54) is 9.80 Å². The van der Waals surface area contributed by atoms with Crippen molar-refractivity contribution in [3.05, 3.63) is 155 Å². The first-order valence-corrected chi connectivity index (χ1v) is 20.5. The second kappa shape index (κ2) is 18.2. The van der Waals surface area contributed by atoms with Crippen LogP contribution < -0.4 is 11.5 Å². The number of likely N-dealkylation sites (tertiary alicyclic amines) is 2. The van der Waals surface area contributed by atoms with Gasteiger partial charge in [0.2, 0.25) is 23.6 Å². The van der Waals surface area contributed by atoms with Crippen LogP contribution in [0.1, 0.15) is 46.2 Å². The van der Waals surface area contributed by atoms with Gasteiger partial charge in [-0.3, -0.25) is 40.4 Å². The summed E-state index contributed by atoms with van der Waals surface area (Å²) in [4.78, 5) is 86.2. The molecule has 0 spiro atoms. The predicted octanol–water partition coefficient (Wildman–Crippen LogP) is 4.88. The highest BCUT2D eigenvalue weighted by molar-refractivity contribution is 6.04. The minimum absolute atomic E-state index is 0.148. The van der Waals surface area contributed by atoms with E-state index in [1.54, 1.807) is 12.4 Å². The summed E-state index contributed by atoms with van der Waals surface area (Å²) in [6.45, 7) is 0.497. The highest BCUT2D eigenvalue weighted by Crippen LogP contribution is 2.30. The molecule has 6 aromatic rings. The molecular formula is C48H46N6O8. The molecule has 0 saturated carbocycles. The Balaban J connectivity index is 0.809. The fourth-order valence-electron chi connectivity index (χ4n) is 8.33. The molecule has 2 saturated heterocycles. The first-order chi connectivity index (χ1) is 30.0. The number of esters is 2. The maximum atomic E-state index is 13.2. The molecule has 6 N–H and O–H groups in total. The molecule has 2 fully saturated rings. The third-order valence-electron chi connectivity index (χ3n) is 11.4. The van der Waals surface area contributed by atoms with E-state index in [4.69, 9.17) is 20.9 Å². The number of carbonyl (C=O) groups excluding carboxylic acids is 6. The molecule has 2 aliphatic rings. The summed E-state index contributed by atoms with van der Waals surface area (Å²) in [7, 11) is 0. The smallest absolute Gasteiger partial charge is 0.332 e. The number of H-pyrrole nitrogens is 2. The van der Waals surface area contributed by atoms with Crippen molar-refractivity contribution in [3.8, 4) is 0 Å². The van der Waals surface area contributed by atoms with Gasteiger partial charge in [-0.05, 0) is 70.5 Å². The lowest BCUT2D eigenvalue weighted by molar-refractivity contribution is -0.145. The number of aromatic nitrogens is 2. The molecule has 4 atom stereocenters. The summed E-state index contributed by atoms with van der Waals surface area (Å²) >= 11 is 0. The largest absolute Gasteiger partial charge is 0.443 e. The number of amides is 4. The SMILES string of the molecule is NC(Cc1c[nH]c2ccc(CC3CC(=O)N(Cc4ccccc4)C3=O)cc12)OC(=O)/C=C\C(=O)OC(N)Cc1c[nH]c2ccc(CC3CC(=O)N(Cc4ccccc4)C3=O)cc12. The van der Waals surface area contributed by atoms with E-state index in [0.29, 0.717) is 12.8 Å². The minimum atomic E-state index is -1.04. The second-order valence-corrected chi connectivity index (χ2v) is 15.9. The van der Waals surface area contributed by atoms with Gasteiger partial charge in [0.1, 0.15) is 0 Å². The van der Waals surface area contributed by atoms with Gasteiger partial charge in [0, 0.05) is 72.0 Å².